The van der Waals surface area contributed by atoms with E-state index in [1.807, 2.05) is 0 Å². The van der Waals surface area contributed by atoms with Gasteiger partial charge in [-0.2, -0.15) is 0 Å². The monoisotopic (exact) mass is 435 g/mol. The van der Waals surface area contributed by atoms with Gasteiger partial charge in [0.1, 0.15) is 0 Å². The van der Waals surface area contributed by atoms with Crippen molar-refractivity contribution in [2.45, 2.75) is 60.2 Å². The molecule has 0 amide bonds. The molecule has 5 heteroatoms. The molecule has 1 aliphatic carbocycles. The van der Waals surface area contributed by atoms with E-state index in [0.29, 0.717) is 0 Å². The van der Waals surface area contributed by atoms with Crippen LogP contribution in [0.5, 0.6) is 0 Å². The Kier molecular flexibility index (Phi) is 7.21. The summed E-state index contributed by atoms with van der Waals surface area (Å²) < 4.78 is 2.90. The van der Waals surface area contributed by atoms with Gasteiger partial charge in [0.2, 0.25) is 0 Å². The molecule has 1 nitrogen and oxygen atoms in total. The van der Waals surface area contributed by atoms with Gasteiger partial charge in [-0.05, 0) is 0 Å². The Hall–Kier alpha value is 0.0112. The number of hydrogen-bond acceptors (Lipinski definition) is 1. The summed E-state index contributed by atoms with van der Waals surface area (Å²) in [4.78, 5) is 0. The molecule has 0 bridgehead atoms. The van der Waals surface area contributed by atoms with Crippen LogP contribution in [0.4, 0.5) is 0 Å². The summed E-state index contributed by atoms with van der Waals surface area (Å²) in [6.45, 7) is 8.59. The van der Waals surface area contributed by atoms with Crippen LogP contribution in [0.2, 0.25) is 27.5 Å². The van der Waals surface area contributed by atoms with E-state index in [9.17, 15) is 0 Å². The topological polar surface area (TPSA) is 3.24 Å². The van der Waals surface area contributed by atoms with E-state index >= 15 is 0 Å². The minimum absolute atomic E-state index is 0. The van der Waals surface area contributed by atoms with E-state index in [1.165, 1.54) is 5.70 Å². The maximum Gasteiger partial charge on any atom is -1.00 e. The third kappa shape index (κ3) is 4.84. The number of rotatable bonds is 4. The number of nitrogens with zero attached hydrogens (tertiary/aromatic N) is 1. The van der Waals surface area contributed by atoms with Gasteiger partial charge in [-0.25, -0.2) is 0 Å². The quantitative estimate of drug-likeness (QED) is 0.578. The van der Waals surface area contributed by atoms with Gasteiger partial charge in [0.05, 0.1) is 0 Å². The SMILES string of the molecule is C[SiH](c1ccccc1)[Ti+2]([CH3])([CH3])([CH3])([CH3])[N](C1=CC=CC1)C(C)(C)C.[Cl-].[Cl-]. The molecule has 1 aromatic carbocycles. The second-order valence-corrected chi connectivity index (χ2v) is 44.7. The molecular formula is C20H35Cl2NSiTi. The number of allylic oxidation sites excluding steroid dienone is 3. The first kappa shape index (κ1) is 25.0. The standard InChI is InChI=1S/C9H14N.C7H9Si.4CH3.2ClH.Ti/c1-9(2,3)10-8-6-4-5-7-8;1-8-7-5-3-2-4-6-7;;;;;;;/h4-6H,7H2,1-3H3;2-6,8H,1H3;4*1H3;2*1H;/q-1;;;;;;;;+3/p-2. The summed E-state index contributed by atoms with van der Waals surface area (Å²) in [7, 11) is 0. The van der Waals surface area contributed by atoms with Crippen LogP contribution in [0.3, 0.4) is 0 Å². The average molecular weight is 436 g/mol. The van der Waals surface area contributed by atoms with E-state index in [-0.39, 0.29) is 30.4 Å². The summed E-state index contributed by atoms with van der Waals surface area (Å²) in [5, 5.41) is 12.2. The van der Waals surface area contributed by atoms with Gasteiger partial charge < -0.3 is 24.8 Å². The van der Waals surface area contributed by atoms with E-state index in [2.05, 4.69) is 100 Å². The van der Waals surface area contributed by atoms with E-state index in [1.54, 1.807) is 5.19 Å². The Morgan fingerprint density at radius 1 is 0.960 bits per heavy atom. The zero-order chi connectivity index (χ0) is 17.6. The molecule has 0 saturated heterocycles. The molecule has 0 aliphatic heterocycles. The first-order chi connectivity index (χ1) is 10.3. The molecule has 0 heterocycles. The van der Waals surface area contributed by atoms with Crippen molar-refractivity contribution in [3.8, 4) is 0 Å². The molecule has 0 saturated carbocycles. The van der Waals surface area contributed by atoms with Crippen molar-refractivity contribution in [1.82, 2.24) is 3.38 Å². The molecule has 1 aromatic rings. The van der Waals surface area contributed by atoms with Crippen LogP contribution in [0, 0.1) is 0 Å². The second-order valence-electron chi connectivity index (χ2n) is 11.1. The summed E-state index contributed by atoms with van der Waals surface area (Å²) in [5.74, 6) is 0. The molecule has 0 spiro atoms. The van der Waals surface area contributed by atoms with E-state index in [4.69, 9.17) is 0 Å². The van der Waals surface area contributed by atoms with Crippen molar-refractivity contribution >= 4 is 11.8 Å². The maximum absolute atomic E-state index is 3.46. The zero-order valence-electron chi connectivity index (χ0n) is 17.1. The summed E-state index contributed by atoms with van der Waals surface area (Å²) >= 11 is -3.46. The summed E-state index contributed by atoms with van der Waals surface area (Å²) in [6.07, 6.45) is 7.96. The molecule has 1 atom stereocenters. The van der Waals surface area contributed by atoms with Crippen LogP contribution in [-0.2, 0) is 13.5 Å². The van der Waals surface area contributed by atoms with Gasteiger partial charge in [-0.3, -0.25) is 0 Å². The molecule has 0 fully saturated rings. The molecule has 1 aliphatic rings. The maximum atomic E-state index is 2.90. The fourth-order valence-corrected chi connectivity index (χ4v) is 26.6. The molecule has 142 valence electrons. The fraction of sp³-hybridized carbons (Fsp3) is 0.500. The second kappa shape index (κ2) is 7.20. The van der Waals surface area contributed by atoms with E-state index < -0.39 is 20.2 Å². The van der Waals surface area contributed by atoms with Crippen molar-refractivity contribution in [1.29, 1.82) is 0 Å². The van der Waals surface area contributed by atoms with Crippen molar-refractivity contribution in [2.24, 2.45) is 0 Å². The molecule has 0 N–H and O–H groups in total. The van der Waals surface area contributed by atoms with Gasteiger partial charge in [0.25, 0.3) is 0 Å². The van der Waals surface area contributed by atoms with Crippen molar-refractivity contribution in [3.05, 3.63) is 54.3 Å². The molecule has 0 radical (unpaired) electrons. The molecule has 0 aromatic heterocycles. The predicted octanol–water partition coefficient (Wildman–Crippen LogP) is -0.468. The largest absolute Gasteiger partial charge is 1.00 e. The average Bonchev–Trinajstić information content (AvgIpc) is 2.88. The van der Waals surface area contributed by atoms with Crippen LogP contribution in [0.1, 0.15) is 27.2 Å². The van der Waals surface area contributed by atoms with Crippen LogP contribution in [-0.4, -0.2) is 15.6 Å². The van der Waals surface area contributed by atoms with Gasteiger partial charge >= 0.3 is 143 Å². The Bertz CT molecular complexity index is 653. The first-order valence-electron chi connectivity index (χ1n) is 8.95. The third-order valence-corrected chi connectivity index (χ3v) is 36.6. The minimum atomic E-state index is -3.46. The number of hydrogen-bond donors (Lipinski definition) is 0. The smallest absolute Gasteiger partial charge is 1.00 e. The first-order valence-corrected chi connectivity index (χ1v) is 20.9. The van der Waals surface area contributed by atoms with Crippen LogP contribution >= 0.6 is 0 Å². The predicted molar refractivity (Wildman–Crippen MR) is 106 cm³/mol. The number of halogens is 2. The Morgan fingerprint density at radius 2 is 1.48 bits per heavy atom. The van der Waals surface area contributed by atoms with Crippen LogP contribution in [0.15, 0.2) is 54.3 Å². The van der Waals surface area contributed by atoms with Gasteiger partial charge in [-0.15, -0.1) is 0 Å². The third-order valence-electron chi connectivity index (χ3n) is 5.96. The Morgan fingerprint density at radius 3 is 1.88 bits per heavy atom. The van der Waals surface area contributed by atoms with Gasteiger partial charge in [0, 0.05) is 0 Å². The summed E-state index contributed by atoms with van der Waals surface area (Å²) in [6, 6.07) is 11.3. The van der Waals surface area contributed by atoms with Crippen molar-refractivity contribution < 1.29 is 38.3 Å². The summed E-state index contributed by atoms with van der Waals surface area (Å²) in [5.41, 5.74) is 1.67. The van der Waals surface area contributed by atoms with Crippen molar-refractivity contribution in [2.75, 3.05) is 0 Å². The van der Waals surface area contributed by atoms with Crippen LogP contribution in [0.25, 0.3) is 0 Å². The van der Waals surface area contributed by atoms with Crippen molar-refractivity contribution in [3.63, 3.8) is 0 Å². The fourth-order valence-electron chi connectivity index (χ4n) is 4.90. The Labute approximate surface area is 167 Å². The molecule has 2 rings (SSSR count). The normalized spacial score (nSPS) is 16.7. The Balaban J connectivity index is 0.00000288. The molecule has 1 unspecified atom stereocenters. The number of benzene rings is 1. The van der Waals surface area contributed by atoms with Crippen LogP contribution < -0.4 is 30.0 Å². The van der Waals surface area contributed by atoms with Gasteiger partial charge in [-0.1, -0.05) is 0 Å². The molecular weight excluding hydrogens is 401 g/mol. The van der Waals surface area contributed by atoms with E-state index in [0.717, 1.165) is 6.42 Å². The minimum Gasteiger partial charge on any atom is -1.00 e. The van der Waals surface area contributed by atoms with Gasteiger partial charge in [0.15, 0.2) is 0 Å². The molecule has 25 heavy (non-hydrogen) atoms. The zero-order valence-corrected chi connectivity index (χ0v) is 21.3.